The molecule has 1 saturated heterocycles. The molecular weight excluding hydrogens is 386 g/mol. The third-order valence-electron chi connectivity index (χ3n) is 5.06. The zero-order valence-corrected chi connectivity index (χ0v) is 16.6. The number of hydrogen-bond donors (Lipinski definition) is 2. The second kappa shape index (κ2) is 9.69. The largest absolute Gasteiger partial charge is 0.497 e. The number of hydrogen-bond acceptors (Lipinski definition) is 5. The molecule has 8 heteroatoms. The van der Waals surface area contributed by atoms with Gasteiger partial charge >= 0.3 is 5.97 Å². The SMILES string of the molecule is COc1ccc(C(=O)N2CCC(C(=O)N/N=C/c3ccccc3C(=O)O)CC2)cc1. The Balaban J connectivity index is 1.51. The Morgan fingerprint density at radius 1 is 1.10 bits per heavy atom. The van der Waals surface area contributed by atoms with Gasteiger partial charge in [0, 0.05) is 30.1 Å². The Morgan fingerprint density at radius 2 is 1.77 bits per heavy atom. The maximum absolute atomic E-state index is 12.6. The molecule has 156 valence electrons. The van der Waals surface area contributed by atoms with Crippen LogP contribution in [0.1, 0.15) is 39.1 Å². The van der Waals surface area contributed by atoms with Gasteiger partial charge < -0.3 is 14.7 Å². The van der Waals surface area contributed by atoms with E-state index in [0.717, 1.165) is 0 Å². The third kappa shape index (κ3) is 5.02. The summed E-state index contributed by atoms with van der Waals surface area (Å²) in [6.45, 7) is 0.961. The molecule has 30 heavy (non-hydrogen) atoms. The molecule has 2 N–H and O–H groups in total. The summed E-state index contributed by atoms with van der Waals surface area (Å²) in [5.74, 6) is -0.932. The standard InChI is InChI=1S/C22H23N3O5/c1-30-18-8-6-16(7-9-18)21(27)25-12-10-15(11-13-25)20(26)24-23-14-17-4-2-3-5-19(17)22(28)29/h2-9,14-15H,10-13H2,1H3,(H,24,26)(H,28,29)/b23-14+. The van der Waals surface area contributed by atoms with Crippen LogP contribution in [0.15, 0.2) is 53.6 Å². The number of piperidine rings is 1. The second-order valence-corrected chi connectivity index (χ2v) is 6.92. The van der Waals surface area contributed by atoms with Crippen molar-refractivity contribution in [3.63, 3.8) is 0 Å². The predicted octanol–water partition coefficient (Wildman–Crippen LogP) is 2.40. The molecular formula is C22H23N3O5. The van der Waals surface area contributed by atoms with Crippen molar-refractivity contribution in [2.24, 2.45) is 11.0 Å². The van der Waals surface area contributed by atoms with E-state index in [9.17, 15) is 14.4 Å². The summed E-state index contributed by atoms with van der Waals surface area (Å²) in [5.41, 5.74) is 3.58. The summed E-state index contributed by atoms with van der Waals surface area (Å²) in [6.07, 6.45) is 2.40. The van der Waals surface area contributed by atoms with Gasteiger partial charge in [-0.3, -0.25) is 9.59 Å². The van der Waals surface area contributed by atoms with Gasteiger partial charge in [0.25, 0.3) is 5.91 Å². The molecule has 0 saturated carbocycles. The monoisotopic (exact) mass is 409 g/mol. The molecule has 3 rings (SSSR count). The van der Waals surface area contributed by atoms with Crippen molar-refractivity contribution in [3.8, 4) is 5.75 Å². The first-order chi connectivity index (χ1) is 14.5. The number of ether oxygens (including phenoxy) is 1. The van der Waals surface area contributed by atoms with Gasteiger partial charge in [0.15, 0.2) is 0 Å². The van der Waals surface area contributed by atoms with Crippen LogP contribution in [0.5, 0.6) is 5.75 Å². The number of methoxy groups -OCH3 is 1. The van der Waals surface area contributed by atoms with Crippen LogP contribution < -0.4 is 10.2 Å². The van der Waals surface area contributed by atoms with E-state index in [-0.39, 0.29) is 23.3 Å². The normalized spacial score (nSPS) is 14.5. The number of carboxylic acid groups (broad SMARTS) is 1. The highest BCUT2D eigenvalue weighted by molar-refractivity contribution is 5.98. The van der Waals surface area contributed by atoms with Crippen LogP contribution in [0.4, 0.5) is 0 Å². The number of nitrogens with one attached hydrogen (secondary N) is 1. The maximum Gasteiger partial charge on any atom is 0.336 e. The number of carbonyl (C=O) groups excluding carboxylic acids is 2. The van der Waals surface area contributed by atoms with E-state index in [1.54, 1.807) is 54.5 Å². The molecule has 8 nitrogen and oxygen atoms in total. The molecule has 0 bridgehead atoms. The molecule has 0 aliphatic carbocycles. The van der Waals surface area contributed by atoms with Crippen molar-refractivity contribution in [1.29, 1.82) is 0 Å². The van der Waals surface area contributed by atoms with Gasteiger partial charge in [-0.2, -0.15) is 5.10 Å². The van der Waals surface area contributed by atoms with Gasteiger partial charge in [-0.15, -0.1) is 0 Å². The van der Waals surface area contributed by atoms with Crippen LogP contribution in [-0.2, 0) is 4.79 Å². The first kappa shape index (κ1) is 21.0. The van der Waals surface area contributed by atoms with Crippen LogP contribution >= 0.6 is 0 Å². The molecule has 1 fully saturated rings. The predicted molar refractivity (Wildman–Crippen MR) is 111 cm³/mol. The zero-order chi connectivity index (χ0) is 21.5. The van der Waals surface area contributed by atoms with Crippen molar-refractivity contribution in [2.75, 3.05) is 20.2 Å². The Bertz CT molecular complexity index is 948. The van der Waals surface area contributed by atoms with Crippen molar-refractivity contribution in [3.05, 3.63) is 65.2 Å². The first-order valence-corrected chi connectivity index (χ1v) is 9.58. The molecule has 1 heterocycles. The molecule has 2 aromatic rings. The van der Waals surface area contributed by atoms with Gasteiger partial charge in [-0.1, -0.05) is 18.2 Å². The highest BCUT2D eigenvalue weighted by atomic mass is 16.5. The van der Waals surface area contributed by atoms with E-state index < -0.39 is 5.97 Å². The quantitative estimate of drug-likeness (QED) is 0.563. The Morgan fingerprint density at radius 3 is 2.40 bits per heavy atom. The number of amides is 2. The molecule has 0 atom stereocenters. The number of hydrazone groups is 1. The summed E-state index contributed by atoms with van der Waals surface area (Å²) in [7, 11) is 1.57. The van der Waals surface area contributed by atoms with E-state index in [1.807, 2.05) is 0 Å². The molecule has 0 radical (unpaired) electrons. The fraction of sp³-hybridized carbons (Fsp3) is 0.273. The van der Waals surface area contributed by atoms with Crippen LogP contribution in [0.3, 0.4) is 0 Å². The van der Waals surface area contributed by atoms with Crippen LogP contribution in [-0.4, -0.2) is 54.2 Å². The van der Waals surface area contributed by atoms with Gasteiger partial charge in [0.05, 0.1) is 18.9 Å². The number of carbonyl (C=O) groups is 3. The lowest BCUT2D eigenvalue weighted by Gasteiger charge is -2.31. The van der Waals surface area contributed by atoms with E-state index in [1.165, 1.54) is 12.3 Å². The summed E-state index contributed by atoms with van der Waals surface area (Å²) < 4.78 is 5.10. The number of carboxylic acids is 1. The van der Waals surface area contributed by atoms with Gasteiger partial charge in [-0.05, 0) is 43.2 Å². The van der Waals surface area contributed by atoms with Crippen molar-refractivity contribution in [1.82, 2.24) is 10.3 Å². The number of nitrogens with zero attached hydrogens (tertiary/aromatic N) is 2. The third-order valence-corrected chi connectivity index (χ3v) is 5.06. The molecule has 1 aliphatic rings. The summed E-state index contributed by atoms with van der Waals surface area (Å²) in [5, 5.41) is 13.1. The lowest BCUT2D eigenvalue weighted by Crippen LogP contribution is -2.42. The van der Waals surface area contributed by atoms with E-state index in [2.05, 4.69) is 10.5 Å². The molecule has 0 unspecified atom stereocenters. The van der Waals surface area contributed by atoms with Gasteiger partial charge in [-0.25, -0.2) is 10.2 Å². The lowest BCUT2D eigenvalue weighted by atomic mass is 9.95. The van der Waals surface area contributed by atoms with Crippen LogP contribution in [0.2, 0.25) is 0 Å². The highest BCUT2D eigenvalue weighted by Gasteiger charge is 2.27. The smallest absolute Gasteiger partial charge is 0.336 e. The van der Waals surface area contributed by atoms with Crippen molar-refractivity contribution < 1.29 is 24.2 Å². The van der Waals surface area contributed by atoms with E-state index in [0.29, 0.717) is 42.8 Å². The van der Waals surface area contributed by atoms with E-state index in [4.69, 9.17) is 9.84 Å². The number of likely N-dealkylation sites (tertiary alicyclic amines) is 1. The van der Waals surface area contributed by atoms with Crippen LogP contribution in [0.25, 0.3) is 0 Å². The number of aromatic carboxylic acids is 1. The average molecular weight is 409 g/mol. The molecule has 2 amide bonds. The topological polar surface area (TPSA) is 108 Å². The van der Waals surface area contributed by atoms with Crippen LogP contribution in [0, 0.1) is 5.92 Å². The minimum absolute atomic E-state index is 0.0696. The van der Waals surface area contributed by atoms with E-state index >= 15 is 0 Å². The number of rotatable bonds is 6. The lowest BCUT2D eigenvalue weighted by molar-refractivity contribution is -0.126. The van der Waals surface area contributed by atoms with Gasteiger partial charge in [0.2, 0.25) is 5.91 Å². The summed E-state index contributed by atoms with van der Waals surface area (Å²) in [4.78, 5) is 37.9. The summed E-state index contributed by atoms with van der Waals surface area (Å²) in [6, 6.07) is 13.4. The van der Waals surface area contributed by atoms with Crippen molar-refractivity contribution in [2.45, 2.75) is 12.8 Å². The minimum Gasteiger partial charge on any atom is -0.497 e. The molecule has 1 aliphatic heterocycles. The second-order valence-electron chi connectivity index (χ2n) is 6.92. The van der Waals surface area contributed by atoms with Crippen molar-refractivity contribution >= 4 is 24.0 Å². The average Bonchev–Trinajstić information content (AvgIpc) is 2.79. The fourth-order valence-electron chi connectivity index (χ4n) is 3.32. The minimum atomic E-state index is -1.06. The molecule has 0 aromatic heterocycles. The zero-order valence-electron chi connectivity index (χ0n) is 16.6. The fourth-order valence-corrected chi connectivity index (χ4v) is 3.32. The molecule has 0 spiro atoms. The number of benzene rings is 2. The summed E-state index contributed by atoms with van der Waals surface area (Å²) >= 11 is 0. The maximum atomic E-state index is 12.6. The Kier molecular flexibility index (Phi) is 6.79. The Hall–Kier alpha value is -3.68. The first-order valence-electron chi connectivity index (χ1n) is 9.58. The molecule has 2 aromatic carbocycles. The van der Waals surface area contributed by atoms with Gasteiger partial charge in [0.1, 0.15) is 5.75 Å². The highest BCUT2D eigenvalue weighted by Crippen LogP contribution is 2.20. The Labute approximate surface area is 174 Å².